The highest BCUT2D eigenvalue weighted by atomic mass is 19.1. The Bertz CT molecular complexity index is 884. The van der Waals surface area contributed by atoms with Crippen molar-refractivity contribution in [3.63, 3.8) is 0 Å². The number of halogens is 2. The van der Waals surface area contributed by atoms with Gasteiger partial charge < -0.3 is 15.4 Å². The highest BCUT2D eigenvalue weighted by Gasteiger charge is 2.18. The van der Waals surface area contributed by atoms with E-state index >= 15 is 0 Å². The molecule has 1 aliphatic rings. The molecule has 0 saturated carbocycles. The lowest BCUT2D eigenvalue weighted by atomic mass is 9.99. The number of ketones is 1. The number of hydrogen-bond donors (Lipinski definition) is 2. The van der Waals surface area contributed by atoms with Crippen molar-refractivity contribution in [2.45, 2.75) is 25.8 Å². The van der Waals surface area contributed by atoms with Crippen LogP contribution < -0.4 is 15.4 Å². The van der Waals surface area contributed by atoms with E-state index < -0.39 is 17.5 Å². The first-order chi connectivity index (χ1) is 13.0. The minimum Gasteiger partial charge on any atom is -0.494 e. The van der Waals surface area contributed by atoms with Crippen LogP contribution in [0.2, 0.25) is 0 Å². The molecule has 27 heavy (non-hydrogen) atoms. The van der Waals surface area contributed by atoms with Gasteiger partial charge in [-0.2, -0.15) is 0 Å². The monoisotopic (exact) mass is 374 g/mol. The van der Waals surface area contributed by atoms with E-state index in [1.807, 2.05) is 0 Å². The third-order valence-corrected chi connectivity index (χ3v) is 4.53. The van der Waals surface area contributed by atoms with Crippen molar-refractivity contribution in [3.05, 3.63) is 58.7 Å². The molecule has 1 heterocycles. The standard InChI is InChI=1S/C20H20F2N2O3/c1-27-18-6-3-12(10-15(18)21)17(25)5-7-19(26)24-16-4-2-13-11-23-9-8-14(13)20(16)22/h2-4,6,10,23H,5,7-9,11H2,1H3,(H,24,26). The summed E-state index contributed by atoms with van der Waals surface area (Å²) >= 11 is 0. The first-order valence-corrected chi connectivity index (χ1v) is 8.67. The summed E-state index contributed by atoms with van der Waals surface area (Å²) in [5.74, 6) is -1.86. The predicted molar refractivity (Wildman–Crippen MR) is 97.0 cm³/mol. The van der Waals surface area contributed by atoms with E-state index in [1.54, 1.807) is 6.07 Å². The molecular formula is C20H20F2N2O3. The lowest BCUT2D eigenvalue weighted by Crippen LogP contribution is -2.25. The Morgan fingerprint density at radius 1 is 1.19 bits per heavy atom. The van der Waals surface area contributed by atoms with Gasteiger partial charge in [-0.15, -0.1) is 0 Å². The Hall–Kier alpha value is -2.80. The van der Waals surface area contributed by atoms with Crippen LogP contribution in [0.25, 0.3) is 0 Å². The average Bonchev–Trinajstić information content (AvgIpc) is 2.68. The maximum absolute atomic E-state index is 14.5. The SMILES string of the molecule is COc1ccc(C(=O)CCC(=O)Nc2ccc3c(c2F)CCNC3)cc1F. The van der Waals surface area contributed by atoms with Crippen molar-refractivity contribution in [1.82, 2.24) is 5.32 Å². The minimum atomic E-state index is -0.640. The number of methoxy groups -OCH3 is 1. The molecule has 7 heteroatoms. The van der Waals surface area contributed by atoms with Crippen LogP contribution in [-0.2, 0) is 17.8 Å². The summed E-state index contributed by atoms with van der Waals surface area (Å²) in [7, 11) is 1.33. The number of rotatable bonds is 6. The van der Waals surface area contributed by atoms with Gasteiger partial charge in [-0.1, -0.05) is 6.07 Å². The zero-order valence-corrected chi connectivity index (χ0v) is 14.9. The number of ether oxygens (including phenoxy) is 1. The summed E-state index contributed by atoms with van der Waals surface area (Å²) in [6.07, 6.45) is 0.338. The van der Waals surface area contributed by atoms with E-state index in [-0.39, 0.29) is 35.6 Å². The van der Waals surface area contributed by atoms with Crippen molar-refractivity contribution >= 4 is 17.4 Å². The number of Topliss-reactive ketones (excluding diaryl/α,β-unsaturated/α-hetero) is 1. The number of carbonyl (C=O) groups is 2. The van der Waals surface area contributed by atoms with Gasteiger partial charge in [0.25, 0.3) is 0 Å². The topological polar surface area (TPSA) is 67.4 Å². The third-order valence-electron chi connectivity index (χ3n) is 4.53. The second kappa shape index (κ2) is 8.26. The predicted octanol–water partition coefficient (Wildman–Crippen LogP) is 3.22. The van der Waals surface area contributed by atoms with Gasteiger partial charge in [0.1, 0.15) is 5.82 Å². The van der Waals surface area contributed by atoms with Gasteiger partial charge in [0.15, 0.2) is 17.3 Å². The van der Waals surface area contributed by atoms with Gasteiger partial charge in [0.2, 0.25) is 5.91 Å². The van der Waals surface area contributed by atoms with Gasteiger partial charge in [-0.05, 0) is 48.4 Å². The van der Waals surface area contributed by atoms with Crippen LogP contribution in [0.1, 0.15) is 34.3 Å². The van der Waals surface area contributed by atoms with Gasteiger partial charge in [0.05, 0.1) is 12.8 Å². The third kappa shape index (κ3) is 4.31. The largest absolute Gasteiger partial charge is 0.494 e. The Morgan fingerprint density at radius 3 is 2.74 bits per heavy atom. The summed E-state index contributed by atoms with van der Waals surface area (Å²) in [5.41, 5.74) is 1.77. The maximum atomic E-state index is 14.5. The highest BCUT2D eigenvalue weighted by molar-refractivity contribution is 6.00. The number of benzene rings is 2. The van der Waals surface area contributed by atoms with Crippen LogP contribution >= 0.6 is 0 Å². The molecule has 0 aliphatic carbocycles. The Morgan fingerprint density at radius 2 is 2.00 bits per heavy atom. The fourth-order valence-electron chi connectivity index (χ4n) is 3.05. The molecule has 0 spiro atoms. The fraction of sp³-hybridized carbons (Fsp3) is 0.300. The van der Waals surface area contributed by atoms with Gasteiger partial charge in [-0.3, -0.25) is 9.59 Å². The number of hydrogen-bond acceptors (Lipinski definition) is 4. The van der Waals surface area contributed by atoms with E-state index in [2.05, 4.69) is 10.6 Å². The Labute approximate surface area is 155 Å². The Balaban J connectivity index is 1.60. The molecule has 2 aromatic carbocycles. The average molecular weight is 374 g/mol. The fourth-order valence-corrected chi connectivity index (χ4v) is 3.05. The first-order valence-electron chi connectivity index (χ1n) is 8.67. The van der Waals surface area contributed by atoms with Crippen molar-refractivity contribution in [2.75, 3.05) is 19.0 Å². The summed E-state index contributed by atoms with van der Waals surface area (Å²) in [6.45, 7) is 1.29. The summed E-state index contributed by atoms with van der Waals surface area (Å²) in [5, 5.41) is 5.68. The van der Waals surface area contributed by atoms with Crippen molar-refractivity contribution in [3.8, 4) is 5.75 Å². The summed E-state index contributed by atoms with van der Waals surface area (Å²) in [4.78, 5) is 24.2. The van der Waals surface area contributed by atoms with E-state index in [1.165, 1.54) is 25.3 Å². The second-order valence-electron chi connectivity index (χ2n) is 6.31. The van der Waals surface area contributed by atoms with Crippen molar-refractivity contribution in [2.24, 2.45) is 0 Å². The first kappa shape index (κ1) is 19.0. The van der Waals surface area contributed by atoms with Crippen LogP contribution in [0.5, 0.6) is 5.75 Å². The summed E-state index contributed by atoms with van der Waals surface area (Å²) in [6, 6.07) is 7.20. The lowest BCUT2D eigenvalue weighted by molar-refractivity contribution is -0.116. The van der Waals surface area contributed by atoms with Crippen molar-refractivity contribution < 1.29 is 23.1 Å². The molecule has 1 aliphatic heterocycles. The maximum Gasteiger partial charge on any atom is 0.224 e. The lowest BCUT2D eigenvalue weighted by Gasteiger charge is -2.19. The van der Waals surface area contributed by atoms with Crippen LogP contribution in [0.4, 0.5) is 14.5 Å². The van der Waals surface area contributed by atoms with Crippen LogP contribution in [0.3, 0.4) is 0 Å². The number of carbonyl (C=O) groups excluding carboxylic acids is 2. The number of nitrogens with one attached hydrogen (secondary N) is 2. The second-order valence-corrected chi connectivity index (χ2v) is 6.31. The number of fused-ring (bicyclic) bond motifs is 1. The van der Waals surface area contributed by atoms with Crippen LogP contribution in [-0.4, -0.2) is 25.3 Å². The molecule has 0 aromatic heterocycles. The van der Waals surface area contributed by atoms with Crippen molar-refractivity contribution in [1.29, 1.82) is 0 Å². The molecule has 0 fully saturated rings. The number of amides is 1. The van der Waals surface area contributed by atoms with Crippen LogP contribution in [0.15, 0.2) is 30.3 Å². The molecule has 5 nitrogen and oxygen atoms in total. The quantitative estimate of drug-likeness (QED) is 0.762. The molecular weight excluding hydrogens is 354 g/mol. The highest BCUT2D eigenvalue weighted by Crippen LogP contribution is 2.25. The zero-order valence-electron chi connectivity index (χ0n) is 14.9. The van der Waals surface area contributed by atoms with E-state index in [0.717, 1.165) is 11.6 Å². The molecule has 1 amide bonds. The molecule has 0 radical (unpaired) electrons. The molecule has 0 bridgehead atoms. The molecule has 142 valence electrons. The van der Waals surface area contributed by atoms with Gasteiger partial charge in [0, 0.05) is 24.9 Å². The van der Waals surface area contributed by atoms with E-state index in [0.29, 0.717) is 25.1 Å². The minimum absolute atomic E-state index is 0.0439. The Kier molecular flexibility index (Phi) is 5.81. The van der Waals surface area contributed by atoms with Gasteiger partial charge >= 0.3 is 0 Å². The van der Waals surface area contributed by atoms with E-state index in [9.17, 15) is 18.4 Å². The van der Waals surface area contributed by atoms with E-state index in [4.69, 9.17) is 4.74 Å². The number of anilines is 1. The summed E-state index contributed by atoms with van der Waals surface area (Å²) < 4.78 is 33.0. The zero-order chi connectivity index (χ0) is 19.4. The molecule has 2 N–H and O–H groups in total. The van der Waals surface area contributed by atoms with Crippen LogP contribution in [0, 0.1) is 11.6 Å². The molecule has 0 unspecified atom stereocenters. The molecule has 0 atom stereocenters. The molecule has 2 aromatic rings. The smallest absolute Gasteiger partial charge is 0.224 e. The molecule has 3 rings (SSSR count). The van der Waals surface area contributed by atoms with Gasteiger partial charge in [-0.25, -0.2) is 8.78 Å². The normalized spacial score (nSPS) is 13.0. The molecule has 0 saturated heterocycles.